The molecule has 0 N–H and O–H groups in total. The molecule has 160 valence electrons. The fourth-order valence-electron chi connectivity index (χ4n) is 3.79. The Morgan fingerprint density at radius 1 is 0.812 bits per heavy atom. The molecule has 0 amide bonds. The monoisotopic (exact) mass is 423 g/mol. The predicted octanol–water partition coefficient (Wildman–Crippen LogP) is 6.26. The molecule has 0 unspecified atom stereocenters. The SMILES string of the molecule is Cc1ccc(C(=O)[C@@H](C)OC(=O)c2c(C)c(-c3ccc(C)cc3)nc3ccccc23)cc1. The van der Waals surface area contributed by atoms with Gasteiger partial charge in [0.15, 0.2) is 6.10 Å². The van der Waals surface area contributed by atoms with E-state index in [0.29, 0.717) is 22.0 Å². The van der Waals surface area contributed by atoms with Crippen LogP contribution in [0.15, 0.2) is 72.8 Å². The molecular weight excluding hydrogens is 398 g/mol. The lowest BCUT2D eigenvalue weighted by atomic mass is 9.97. The van der Waals surface area contributed by atoms with Crippen LogP contribution in [0.25, 0.3) is 22.2 Å². The van der Waals surface area contributed by atoms with E-state index < -0.39 is 12.1 Å². The lowest BCUT2D eigenvalue weighted by Crippen LogP contribution is -2.25. The molecule has 0 bridgehead atoms. The van der Waals surface area contributed by atoms with Crippen LogP contribution < -0.4 is 0 Å². The molecular formula is C28H25NO3. The van der Waals surface area contributed by atoms with Crippen LogP contribution in [-0.4, -0.2) is 22.8 Å². The zero-order valence-corrected chi connectivity index (χ0v) is 18.7. The maximum atomic E-state index is 13.3. The second-order valence-electron chi connectivity index (χ2n) is 8.12. The Morgan fingerprint density at radius 3 is 2.06 bits per heavy atom. The van der Waals surface area contributed by atoms with Crippen molar-refractivity contribution < 1.29 is 14.3 Å². The van der Waals surface area contributed by atoms with Crippen LogP contribution in [0.2, 0.25) is 0 Å². The number of fused-ring (bicyclic) bond motifs is 1. The summed E-state index contributed by atoms with van der Waals surface area (Å²) in [5.41, 5.74) is 6.27. The summed E-state index contributed by atoms with van der Waals surface area (Å²) in [6.45, 7) is 7.47. The lowest BCUT2D eigenvalue weighted by molar-refractivity contribution is 0.0320. The molecule has 4 aromatic rings. The van der Waals surface area contributed by atoms with Gasteiger partial charge in [0.25, 0.3) is 0 Å². The molecule has 32 heavy (non-hydrogen) atoms. The smallest absolute Gasteiger partial charge is 0.339 e. The normalized spacial score (nSPS) is 11.9. The molecule has 0 aliphatic carbocycles. The highest BCUT2D eigenvalue weighted by atomic mass is 16.5. The molecule has 0 fully saturated rings. The summed E-state index contributed by atoms with van der Waals surface area (Å²) in [4.78, 5) is 30.9. The van der Waals surface area contributed by atoms with Gasteiger partial charge in [-0.1, -0.05) is 77.9 Å². The van der Waals surface area contributed by atoms with Crippen LogP contribution in [0.5, 0.6) is 0 Å². The van der Waals surface area contributed by atoms with Gasteiger partial charge in [-0.05, 0) is 39.3 Å². The standard InChI is InChI=1S/C28H25NO3/c1-17-9-13-21(14-10-17)26-19(3)25(23-7-5-6-8-24(23)29-26)28(31)32-20(4)27(30)22-15-11-18(2)12-16-22/h5-16,20H,1-4H3/t20-/m1/s1. The molecule has 0 radical (unpaired) electrons. The first-order chi connectivity index (χ1) is 15.3. The van der Waals surface area contributed by atoms with Crippen molar-refractivity contribution in [2.24, 2.45) is 0 Å². The van der Waals surface area contributed by atoms with Gasteiger partial charge in [-0.25, -0.2) is 9.78 Å². The van der Waals surface area contributed by atoms with Gasteiger partial charge in [-0.3, -0.25) is 4.79 Å². The molecule has 4 rings (SSSR count). The summed E-state index contributed by atoms with van der Waals surface area (Å²) in [6, 6.07) is 22.8. The van der Waals surface area contributed by atoms with Gasteiger partial charge in [0.05, 0.1) is 16.8 Å². The number of carbonyl (C=O) groups excluding carboxylic acids is 2. The van der Waals surface area contributed by atoms with Crippen molar-refractivity contribution in [3.63, 3.8) is 0 Å². The third kappa shape index (κ3) is 4.17. The van der Waals surface area contributed by atoms with E-state index in [1.165, 1.54) is 0 Å². The van der Waals surface area contributed by atoms with Gasteiger partial charge in [0.1, 0.15) is 0 Å². The molecule has 1 heterocycles. The number of benzene rings is 3. The highest BCUT2D eigenvalue weighted by Gasteiger charge is 2.25. The van der Waals surface area contributed by atoms with Crippen molar-refractivity contribution in [2.75, 3.05) is 0 Å². The number of esters is 1. The quantitative estimate of drug-likeness (QED) is 0.281. The maximum Gasteiger partial charge on any atom is 0.339 e. The first-order valence-electron chi connectivity index (χ1n) is 10.6. The van der Waals surface area contributed by atoms with E-state index in [2.05, 4.69) is 0 Å². The zero-order valence-electron chi connectivity index (χ0n) is 18.7. The fraction of sp³-hybridized carbons (Fsp3) is 0.179. The van der Waals surface area contributed by atoms with E-state index in [1.54, 1.807) is 19.1 Å². The molecule has 0 aliphatic heterocycles. The van der Waals surface area contributed by atoms with Gasteiger partial charge in [-0.2, -0.15) is 0 Å². The Bertz CT molecular complexity index is 1310. The lowest BCUT2D eigenvalue weighted by Gasteiger charge is -2.17. The van der Waals surface area contributed by atoms with Crippen molar-refractivity contribution in [3.05, 3.63) is 101 Å². The second-order valence-corrected chi connectivity index (χ2v) is 8.12. The van der Waals surface area contributed by atoms with Gasteiger partial charge in [0.2, 0.25) is 5.78 Å². The van der Waals surface area contributed by atoms with Crippen molar-refractivity contribution in [2.45, 2.75) is 33.8 Å². The summed E-state index contributed by atoms with van der Waals surface area (Å²) in [5, 5.41) is 0.709. The number of hydrogen-bond donors (Lipinski definition) is 0. The summed E-state index contributed by atoms with van der Waals surface area (Å²) in [5.74, 6) is -0.754. The number of pyridine rings is 1. The highest BCUT2D eigenvalue weighted by Crippen LogP contribution is 2.30. The van der Waals surface area contributed by atoms with E-state index in [4.69, 9.17) is 9.72 Å². The number of rotatable bonds is 5. The minimum atomic E-state index is -0.903. The van der Waals surface area contributed by atoms with Crippen molar-refractivity contribution in [1.29, 1.82) is 0 Å². The molecule has 0 saturated heterocycles. The second kappa shape index (κ2) is 8.75. The number of Topliss-reactive ketones (excluding diaryl/α,β-unsaturated/α-hetero) is 1. The first kappa shape index (κ1) is 21.4. The Kier molecular flexibility index (Phi) is 5.87. The van der Waals surface area contributed by atoms with Crippen LogP contribution in [0.1, 0.15) is 44.3 Å². The van der Waals surface area contributed by atoms with Crippen molar-refractivity contribution in [3.8, 4) is 11.3 Å². The Balaban J connectivity index is 1.73. The molecule has 1 atom stereocenters. The highest BCUT2D eigenvalue weighted by molar-refractivity contribution is 6.08. The summed E-state index contributed by atoms with van der Waals surface area (Å²) >= 11 is 0. The molecule has 1 aromatic heterocycles. The van der Waals surface area contributed by atoms with E-state index in [1.807, 2.05) is 81.4 Å². The topological polar surface area (TPSA) is 56.3 Å². The maximum absolute atomic E-state index is 13.3. The van der Waals surface area contributed by atoms with Gasteiger partial charge < -0.3 is 4.74 Å². The van der Waals surface area contributed by atoms with Gasteiger partial charge >= 0.3 is 5.97 Å². The molecule has 0 saturated carbocycles. The van der Waals surface area contributed by atoms with E-state index >= 15 is 0 Å². The number of aryl methyl sites for hydroxylation is 2. The molecule has 4 nitrogen and oxygen atoms in total. The van der Waals surface area contributed by atoms with Gasteiger partial charge in [0, 0.05) is 16.5 Å². The van der Waals surface area contributed by atoms with Crippen LogP contribution in [-0.2, 0) is 4.74 Å². The number of ether oxygens (including phenoxy) is 1. The Labute approximate surface area is 187 Å². The van der Waals surface area contributed by atoms with Crippen LogP contribution in [0, 0.1) is 20.8 Å². The number of hydrogen-bond acceptors (Lipinski definition) is 4. The average Bonchev–Trinajstić information content (AvgIpc) is 2.79. The third-order valence-electron chi connectivity index (χ3n) is 5.65. The summed E-state index contributed by atoms with van der Waals surface area (Å²) < 4.78 is 5.67. The minimum absolute atomic E-state index is 0.229. The molecule has 0 aliphatic rings. The van der Waals surface area contributed by atoms with E-state index in [9.17, 15) is 9.59 Å². The average molecular weight is 424 g/mol. The Morgan fingerprint density at radius 2 is 1.41 bits per heavy atom. The third-order valence-corrected chi connectivity index (χ3v) is 5.65. The van der Waals surface area contributed by atoms with Crippen LogP contribution in [0.4, 0.5) is 0 Å². The van der Waals surface area contributed by atoms with Gasteiger partial charge in [-0.15, -0.1) is 0 Å². The number of carbonyl (C=O) groups is 2. The van der Waals surface area contributed by atoms with Crippen LogP contribution in [0.3, 0.4) is 0 Å². The van der Waals surface area contributed by atoms with Crippen molar-refractivity contribution >= 4 is 22.7 Å². The molecule has 4 heteroatoms. The van der Waals surface area contributed by atoms with Crippen LogP contribution >= 0.6 is 0 Å². The predicted molar refractivity (Wildman–Crippen MR) is 127 cm³/mol. The summed E-state index contributed by atoms with van der Waals surface area (Å²) in [7, 11) is 0. The number of ketones is 1. The number of aromatic nitrogens is 1. The fourth-order valence-corrected chi connectivity index (χ4v) is 3.79. The summed E-state index contributed by atoms with van der Waals surface area (Å²) in [6.07, 6.45) is -0.903. The largest absolute Gasteiger partial charge is 0.451 e. The minimum Gasteiger partial charge on any atom is -0.451 e. The number of nitrogens with zero attached hydrogens (tertiary/aromatic N) is 1. The van der Waals surface area contributed by atoms with E-state index in [-0.39, 0.29) is 5.78 Å². The molecule has 0 spiro atoms. The van der Waals surface area contributed by atoms with E-state index in [0.717, 1.165) is 27.9 Å². The molecule has 3 aromatic carbocycles. The first-order valence-corrected chi connectivity index (χ1v) is 10.6. The van der Waals surface area contributed by atoms with Crippen molar-refractivity contribution in [1.82, 2.24) is 4.98 Å². The zero-order chi connectivity index (χ0) is 22.8. The Hall–Kier alpha value is -3.79. The number of para-hydroxylation sites is 1.